The zero-order chi connectivity index (χ0) is 28.6. The van der Waals surface area contributed by atoms with Crippen LogP contribution in [0.25, 0.3) is 0 Å². The SMILES string of the molecule is C#CCN1CC(=O)N2[C@@H](c3ccccc3)C(=O)N(CCSCc3ccccc3)C[C@@H]2N1C(=O)NCc1ccccc1. The second kappa shape index (κ2) is 13.4. The van der Waals surface area contributed by atoms with E-state index in [1.165, 1.54) is 10.6 Å². The van der Waals surface area contributed by atoms with Crippen LogP contribution in [0.4, 0.5) is 4.79 Å². The van der Waals surface area contributed by atoms with Gasteiger partial charge in [0, 0.05) is 24.6 Å². The van der Waals surface area contributed by atoms with Gasteiger partial charge >= 0.3 is 6.03 Å². The molecule has 2 atom stereocenters. The van der Waals surface area contributed by atoms with Crippen LogP contribution < -0.4 is 5.32 Å². The lowest BCUT2D eigenvalue weighted by atomic mass is 9.99. The third kappa shape index (κ3) is 6.56. The fraction of sp³-hybridized carbons (Fsp3) is 0.281. The van der Waals surface area contributed by atoms with Gasteiger partial charge in [-0.15, -0.1) is 6.42 Å². The predicted molar refractivity (Wildman–Crippen MR) is 160 cm³/mol. The molecule has 2 saturated heterocycles. The fourth-order valence-corrected chi connectivity index (χ4v) is 6.20. The fourth-order valence-electron chi connectivity index (χ4n) is 5.28. The number of benzene rings is 3. The zero-order valence-corrected chi connectivity index (χ0v) is 23.6. The molecule has 2 heterocycles. The van der Waals surface area contributed by atoms with Crippen LogP contribution in [0.15, 0.2) is 91.0 Å². The summed E-state index contributed by atoms with van der Waals surface area (Å²) in [5.74, 6) is 3.76. The van der Waals surface area contributed by atoms with Gasteiger partial charge in [0.25, 0.3) is 0 Å². The number of thioether (sulfide) groups is 1. The van der Waals surface area contributed by atoms with Crippen LogP contribution in [0.2, 0.25) is 0 Å². The van der Waals surface area contributed by atoms with Crippen molar-refractivity contribution in [1.82, 2.24) is 25.1 Å². The summed E-state index contributed by atoms with van der Waals surface area (Å²) in [4.78, 5) is 44.6. The molecule has 0 bridgehead atoms. The standard InChI is InChI=1S/C32H33N5O3S/c1-2-18-35-23-29(38)36-28(37(35)32(40)33-21-25-12-6-3-7-13-25)22-34(19-20-41-24-26-14-8-4-9-15-26)31(39)30(36)27-16-10-5-11-17-27/h1,3-17,28,30H,18-24H2,(H,33,40)/t28-,30-/m0/s1. The van der Waals surface area contributed by atoms with Gasteiger partial charge in [-0.05, 0) is 16.7 Å². The number of piperazine rings is 1. The Balaban J connectivity index is 1.40. The number of hydrazine groups is 1. The number of urea groups is 1. The second-order valence-electron chi connectivity index (χ2n) is 9.93. The van der Waals surface area contributed by atoms with Gasteiger partial charge in [-0.1, -0.05) is 96.9 Å². The molecular formula is C32H33N5O3S. The normalized spacial score (nSPS) is 19.0. The van der Waals surface area contributed by atoms with Crippen molar-refractivity contribution in [3.63, 3.8) is 0 Å². The van der Waals surface area contributed by atoms with Crippen LogP contribution in [0, 0.1) is 12.3 Å². The number of carbonyl (C=O) groups excluding carboxylic acids is 3. The summed E-state index contributed by atoms with van der Waals surface area (Å²) in [7, 11) is 0. The summed E-state index contributed by atoms with van der Waals surface area (Å²) in [6.45, 7) is 1.00. The molecule has 2 aliphatic heterocycles. The maximum absolute atomic E-state index is 13.9. The summed E-state index contributed by atoms with van der Waals surface area (Å²) in [5.41, 5.74) is 2.89. The van der Waals surface area contributed by atoms with Gasteiger partial charge in [-0.2, -0.15) is 16.8 Å². The molecule has 0 spiro atoms. The minimum Gasteiger partial charge on any atom is -0.336 e. The maximum Gasteiger partial charge on any atom is 0.334 e. The van der Waals surface area contributed by atoms with Crippen molar-refractivity contribution in [3.8, 4) is 12.3 Å². The molecule has 0 aromatic heterocycles. The molecular weight excluding hydrogens is 534 g/mol. The first-order valence-electron chi connectivity index (χ1n) is 13.6. The number of carbonyl (C=O) groups is 3. The molecule has 0 unspecified atom stereocenters. The van der Waals surface area contributed by atoms with Crippen LogP contribution in [0.1, 0.15) is 22.7 Å². The van der Waals surface area contributed by atoms with E-state index < -0.39 is 12.2 Å². The van der Waals surface area contributed by atoms with Crippen molar-refractivity contribution >= 4 is 29.6 Å². The Bertz CT molecular complexity index is 1380. The molecule has 2 fully saturated rings. The van der Waals surface area contributed by atoms with Gasteiger partial charge in [0.05, 0.1) is 19.6 Å². The van der Waals surface area contributed by atoms with Crippen molar-refractivity contribution in [2.45, 2.75) is 24.5 Å². The monoisotopic (exact) mass is 567 g/mol. The summed E-state index contributed by atoms with van der Waals surface area (Å²) in [5, 5.41) is 6.13. The molecule has 0 radical (unpaired) electrons. The summed E-state index contributed by atoms with van der Waals surface area (Å²) < 4.78 is 0. The molecule has 8 nitrogen and oxygen atoms in total. The highest BCUT2D eigenvalue weighted by Gasteiger charge is 2.51. The number of fused-ring (bicyclic) bond motifs is 1. The van der Waals surface area contributed by atoms with E-state index in [-0.39, 0.29) is 37.5 Å². The van der Waals surface area contributed by atoms with E-state index in [0.29, 0.717) is 18.7 Å². The van der Waals surface area contributed by atoms with Gasteiger partial charge in [0.1, 0.15) is 12.2 Å². The van der Waals surface area contributed by atoms with Crippen LogP contribution in [0.3, 0.4) is 0 Å². The molecule has 0 aliphatic carbocycles. The average Bonchev–Trinajstić information content (AvgIpc) is 3.00. The first-order valence-corrected chi connectivity index (χ1v) is 14.8. The maximum atomic E-state index is 13.9. The number of terminal acetylenes is 1. The van der Waals surface area contributed by atoms with Crippen LogP contribution in [0.5, 0.6) is 0 Å². The van der Waals surface area contributed by atoms with E-state index >= 15 is 0 Å². The Morgan fingerprint density at radius 1 is 0.927 bits per heavy atom. The topological polar surface area (TPSA) is 76.2 Å². The lowest BCUT2D eigenvalue weighted by Gasteiger charge is -2.54. The summed E-state index contributed by atoms with van der Waals surface area (Å²) in [6, 6.07) is 27.9. The van der Waals surface area contributed by atoms with Crippen LogP contribution in [-0.4, -0.2) is 75.8 Å². The molecule has 3 aromatic rings. The van der Waals surface area contributed by atoms with Gasteiger partial charge in [-0.25, -0.2) is 9.80 Å². The Morgan fingerprint density at radius 2 is 1.56 bits per heavy atom. The lowest BCUT2D eigenvalue weighted by molar-refractivity contribution is -0.189. The Hall–Kier alpha value is -4.26. The number of hydrogen-bond acceptors (Lipinski definition) is 5. The number of nitrogens with zero attached hydrogens (tertiary/aromatic N) is 4. The third-order valence-electron chi connectivity index (χ3n) is 7.22. The highest BCUT2D eigenvalue weighted by Crippen LogP contribution is 2.35. The minimum atomic E-state index is -0.834. The van der Waals surface area contributed by atoms with Crippen molar-refractivity contribution in [2.75, 3.05) is 31.9 Å². The Kier molecular flexibility index (Phi) is 9.24. The van der Waals surface area contributed by atoms with Gasteiger partial charge < -0.3 is 15.1 Å². The largest absolute Gasteiger partial charge is 0.336 e. The summed E-state index contributed by atoms with van der Waals surface area (Å²) in [6.07, 6.45) is 4.95. The minimum absolute atomic E-state index is 0.0890. The highest BCUT2D eigenvalue weighted by molar-refractivity contribution is 7.98. The second-order valence-corrected chi connectivity index (χ2v) is 11.0. The zero-order valence-electron chi connectivity index (χ0n) is 22.8. The predicted octanol–water partition coefficient (Wildman–Crippen LogP) is 3.73. The van der Waals surface area contributed by atoms with Gasteiger partial charge in [-0.3, -0.25) is 9.59 Å². The Labute approximate surface area is 245 Å². The third-order valence-corrected chi connectivity index (χ3v) is 8.23. The molecule has 2 aliphatic rings. The number of hydrogen-bond donors (Lipinski definition) is 1. The lowest BCUT2D eigenvalue weighted by Crippen LogP contribution is -2.74. The van der Waals surface area contributed by atoms with Crippen molar-refractivity contribution in [2.24, 2.45) is 0 Å². The molecule has 4 amide bonds. The average molecular weight is 568 g/mol. The van der Waals surface area contributed by atoms with E-state index in [1.807, 2.05) is 78.9 Å². The van der Waals surface area contributed by atoms with Crippen LogP contribution in [-0.2, 0) is 21.9 Å². The van der Waals surface area contributed by atoms with Crippen molar-refractivity contribution in [3.05, 3.63) is 108 Å². The number of rotatable bonds is 9. The van der Waals surface area contributed by atoms with Crippen molar-refractivity contribution < 1.29 is 14.4 Å². The van der Waals surface area contributed by atoms with E-state index in [9.17, 15) is 14.4 Å². The van der Waals surface area contributed by atoms with E-state index in [1.54, 1.807) is 26.6 Å². The van der Waals surface area contributed by atoms with E-state index in [0.717, 1.165) is 17.1 Å². The number of nitrogens with one attached hydrogen (secondary N) is 1. The molecule has 3 aromatic carbocycles. The molecule has 0 saturated carbocycles. The van der Waals surface area contributed by atoms with Gasteiger partial charge in [0.2, 0.25) is 11.8 Å². The van der Waals surface area contributed by atoms with E-state index in [4.69, 9.17) is 6.42 Å². The quantitative estimate of drug-likeness (QED) is 0.315. The summed E-state index contributed by atoms with van der Waals surface area (Å²) >= 11 is 1.75. The van der Waals surface area contributed by atoms with Crippen molar-refractivity contribution in [1.29, 1.82) is 0 Å². The first kappa shape index (κ1) is 28.3. The smallest absolute Gasteiger partial charge is 0.334 e. The molecule has 210 valence electrons. The first-order chi connectivity index (χ1) is 20.1. The van der Waals surface area contributed by atoms with E-state index in [2.05, 4.69) is 23.4 Å². The molecule has 1 N–H and O–H groups in total. The number of amides is 4. The Morgan fingerprint density at radius 3 is 2.22 bits per heavy atom. The van der Waals surface area contributed by atoms with Crippen LogP contribution >= 0.6 is 11.8 Å². The molecule has 9 heteroatoms. The van der Waals surface area contributed by atoms with Gasteiger partial charge in [0.15, 0.2) is 0 Å². The molecule has 5 rings (SSSR count). The highest BCUT2D eigenvalue weighted by atomic mass is 32.2. The molecule has 41 heavy (non-hydrogen) atoms.